The summed E-state index contributed by atoms with van der Waals surface area (Å²) in [5.41, 5.74) is 5.03. The van der Waals surface area contributed by atoms with Crippen molar-refractivity contribution in [2.24, 2.45) is 0 Å². The summed E-state index contributed by atoms with van der Waals surface area (Å²) in [6, 6.07) is 9.00. The molecule has 156 valence electrons. The molecule has 7 heteroatoms. The minimum absolute atomic E-state index is 0.262. The van der Waals surface area contributed by atoms with Gasteiger partial charge in [0.1, 0.15) is 5.75 Å². The van der Waals surface area contributed by atoms with Gasteiger partial charge in [-0.15, -0.1) is 0 Å². The number of pyridine rings is 1. The Morgan fingerprint density at radius 2 is 2.00 bits per heavy atom. The topological polar surface area (TPSA) is 79.7 Å². The number of phenols is 1. The second-order valence-corrected chi connectivity index (χ2v) is 7.55. The van der Waals surface area contributed by atoms with Gasteiger partial charge in [0.15, 0.2) is 11.5 Å². The average molecular weight is 412 g/mol. The molecule has 31 heavy (non-hydrogen) atoms. The predicted molar refractivity (Wildman–Crippen MR) is 121 cm³/mol. The third-order valence-electron chi connectivity index (χ3n) is 5.43. The van der Waals surface area contributed by atoms with Crippen molar-refractivity contribution < 1.29 is 5.11 Å². The second kappa shape index (κ2) is 8.84. The number of hydrogen-bond acceptors (Lipinski definition) is 5. The van der Waals surface area contributed by atoms with Crippen LogP contribution in [0.15, 0.2) is 55.1 Å². The molecule has 0 spiro atoms. The molecule has 3 heterocycles. The SMILES string of the molecule is [C-]#[N+]c1cncc(-c2cn3c(C(C)CC)cnc3c(NCCc3ccc(O)cc3)n2)c1. The van der Waals surface area contributed by atoms with E-state index in [9.17, 15) is 5.11 Å². The molecule has 0 fully saturated rings. The van der Waals surface area contributed by atoms with Crippen molar-refractivity contribution >= 4 is 17.2 Å². The highest BCUT2D eigenvalue weighted by molar-refractivity contribution is 5.71. The molecule has 0 radical (unpaired) electrons. The Kier molecular flexibility index (Phi) is 5.80. The van der Waals surface area contributed by atoms with E-state index in [0.29, 0.717) is 24.0 Å². The van der Waals surface area contributed by atoms with Gasteiger partial charge < -0.3 is 10.4 Å². The van der Waals surface area contributed by atoms with Gasteiger partial charge in [0.05, 0.1) is 12.3 Å². The van der Waals surface area contributed by atoms with Gasteiger partial charge in [-0.3, -0.25) is 9.38 Å². The number of imidazole rings is 1. The number of rotatable bonds is 7. The van der Waals surface area contributed by atoms with E-state index in [1.807, 2.05) is 24.5 Å². The van der Waals surface area contributed by atoms with E-state index in [4.69, 9.17) is 11.6 Å². The highest BCUT2D eigenvalue weighted by Crippen LogP contribution is 2.28. The summed E-state index contributed by atoms with van der Waals surface area (Å²) in [7, 11) is 0. The summed E-state index contributed by atoms with van der Waals surface area (Å²) < 4.78 is 2.09. The maximum absolute atomic E-state index is 9.46. The second-order valence-electron chi connectivity index (χ2n) is 7.55. The molecule has 0 aliphatic rings. The van der Waals surface area contributed by atoms with Gasteiger partial charge in [-0.1, -0.05) is 26.0 Å². The van der Waals surface area contributed by atoms with Crippen molar-refractivity contribution in [3.05, 3.63) is 77.8 Å². The van der Waals surface area contributed by atoms with Crippen LogP contribution in [0, 0.1) is 6.57 Å². The zero-order valence-corrected chi connectivity index (χ0v) is 17.6. The minimum Gasteiger partial charge on any atom is -0.508 e. The number of hydrogen-bond donors (Lipinski definition) is 2. The fourth-order valence-electron chi connectivity index (χ4n) is 3.45. The first kappa shape index (κ1) is 20.4. The quantitative estimate of drug-likeness (QED) is 0.407. The van der Waals surface area contributed by atoms with Crippen molar-refractivity contribution in [2.75, 3.05) is 11.9 Å². The molecule has 0 aliphatic carbocycles. The van der Waals surface area contributed by atoms with E-state index >= 15 is 0 Å². The number of aromatic nitrogens is 4. The maximum atomic E-state index is 9.46. The van der Waals surface area contributed by atoms with E-state index in [2.05, 4.69) is 38.4 Å². The number of benzene rings is 1. The molecule has 3 aromatic heterocycles. The number of phenolic OH excluding ortho intramolecular Hbond substituents is 1. The van der Waals surface area contributed by atoms with Gasteiger partial charge in [-0.05, 0) is 42.5 Å². The lowest BCUT2D eigenvalue weighted by Gasteiger charge is -2.13. The smallest absolute Gasteiger partial charge is 0.205 e. The Labute approximate surface area is 181 Å². The number of aromatic hydroxyl groups is 1. The first-order valence-electron chi connectivity index (χ1n) is 10.3. The van der Waals surface area contributed by atoms with Crippen LogP contribution >= 0.6 is 0 Å². The standard InChI is InChI=1S/C24H24N6O/c1-4-16(2)22-14-28-24-23(27-10-9-17-5-7-20(31)8-6-17)29-21(15-30(22)24)18-11-19(25-3)13-26-12-18/h5-8,11-16,31H,4,9-10H2,1-2H3,(H,27,29). The monoisotopic (exact) mass is 412 g/mol. The van der Waals surface area contributed by atoms with Crippen LogP contribution in [-0.4, -0.2) is 31.0 Å². The Balaban J connectivity index is 1.71. The average Bonchev–Trinajstić information content (AvgIpc) is 3.24. The van der Waals surface area contributed by atoms with Gasteiger partial charge >= 0.3 is 0 Å². The van der Waals surface area contributed by atoms with Crippen molar-refractivity contribution in [1.29, 1.82) is 0 Å². The normalized spacial score (nSPS) is 11.9. The van der Waals surface area contributed by atoms with E-state index in [-0.39, 0.29) is 5.75 Å². The van der Waals surface area contributed by atoms with E-state index in [1.165, 1.54) is 0 Å². The van der Waals surface area contributed by atoms with Crippen LogP contribution in [0.25, 0.3) is 21.7 Å². The summed E-state index contributed by atoms with van der Waals surface area (Å²) in [5, 5.41) is 12.9. The van der Waals surface area contributed by atoms with Crippen LogP contribution in [0.2, 0.25) is 0 Å². The van der Waals surface area contributed by atoms with E-state index in [0.717, 1.165) is 41.0 Å². The van der Waals surface area contributed by atoms with Crippen LogP contribution in [0.1, 0.15) is 37.4 Å². The lowest BCUT2D eigenvalue weighted by atomic mass is 10.1. The highest BCUT2D eigenvalue weighted by Gasteiger charge is 2.16. The third-order valence-corrected chi connectivity index (χ3v) is 5.43. The fraction of sp³-hybridized carbons (Fsp3) is 0.250. The highest BCUT2D eigenvalue weighted by atomic mass is 16.3. The number of fused-ring (bicyclic) bond motifs is 1. The van der Waals surface area contributed by atoms with Crippen molar-refractivity contribution in [3.63, 3.8) is 0 Å². The van der Waals surface area contributed by atoms with Crippen molar-refractivity contribution in [3.8, 4) is 17.0 Å². The number of nitrogens with zero attached hydrogens (tertiary/aromatic N) is 5. The lowest BCUT2D eigenvalue weighted by molar-refractivity contribution is 0.475. The summed E-state index contributed by atoms with van der Waals surface area (Å²) in [5.74, 6) is 1.31. The molecule has 0 saturated carbocycles. The van der Waals surface area contributed by atoms with Gasteiger partial charge in [0, 0.05) is 42.6 Å². The molecule has 4 rings (SSSR count). The molecule has 1 unspecified atom stereocenters. The summed E-state index contributed by atoms with van der Waals surface area (Å²) in [4.78, 5) is 17.1. The van der Waals surface area contributed by atoms with Gasteiger partial charge in [0.25, 0.3) is 0 Å². The zero-order chi connectivity index (χ0) is 21.8. The first-order chi connectivity index (χ1) is 15.1. The third kappa shape index (κ3) is 4.33. The van der Waals surface area contributed by atoms with Crippen LogP contribution in [0.4, 0.5) is 11.5 Å². The summed E-state index contributed by atoms with van der Waals surface area (Å²) in [6.07, 6.45) is 8.94. The molecular weight excluding hydrogens is 388 g/mol. The largest absolute Gasteiger partial charge is 0.508 e. The van der Waals surface area contributed by atoms with Crippen molar-refractivity contribution in [2.45, 2.75) is 32.6 Å². The molecule has 1 atom stereocenters. The van der Waals surface area contributed by atoms with Gasteiger partial charge in [-0.25, -0.2) is 14.8 Å². The maximum Gasteiger partial charge on any atom is 0.205 e. The summed E-state index contributed by atoms with van der Waals surface area (Å²) >= 11 is 0. The van der Waals surface area contributed by atoms with Crippen molar-refractivity contribution in [1.82, 2.24) is 19.4 Å². The van der Waals surface area contributed by atoms with Crippen LogP contribution < -0.4 is 5.32 Å². The fourth-order valence-corrected chi connectivity index (χ4v) is 3.45. The molecule has 7 nitrogen and oxygen atoms in total. The van der Waals surface area contributed by atoms with E-state index in [1.54, 1.807) is 30.6 Å². The molecule has 0 bridgehead atoms. The molecule has 0 aliphatic heterocycles. The summed E-state index contributed by atoms with van der Waals surface area (Å²) in [6.45, 7) is 12.3. The molecule has 0 amide bonds. The molecule has 0 saturated heterocycles. The van der Waals surface area contributed by atoms with Gasteiger partial charge in [0.2, 0.25) is 5.69 Å². The van der Waals surface area contributed by atoms with Gasteiger partial charge in [-0.2, -0.15) is 0 Å². The number of nitrogens with one attached hydrogen (secondary N) is 1. The molecule has 1 aromatic carbocycles. The first-order valence-corrected chi connectivity index (χ1v) is 10.3. The molecular formula is C24H24N6O. The van der Waals surface area contributed by atoms with E-state index < -0.39 is 0 Å². The van der Waals surface area contributed by atoms with Crippen LogP contribution in [0.3, 0.4) is 0 Å². The number of anilines is 1. The lowest BCUT2D eigenvalue weighted by Crippen LogP contribution is -2.09. The Hall–Kier alpha value is -3.92. The minimum atomic E-state index is 0.262. The Morgan fingerprint density at radius 3 is 2.74 bits per heavy atom. The molecule has 4 aromatic rings. The predicted octanol–water partition coefficient (Wildman–Crippen LogP) is 5.22. The Morgan fingerprint density at radius 1 is 1.19 bits per heavy atom. The van der Waals surface area contributed by atoms with Crippen LogP contribution in [-0.2, 0) is 6.42 Å². The molecule has 2 N–H and O–H groups in total. The van der Waals surface area contributed by atoms with Crippen LogP contribution in [0.5, 0.6) is 5.75 Å². The zero-order valence-electron chi connectivity index (χ0n) is 17.6. The Bertz CT molecular complexity index is 1240.